The van der Waals surface area contributed by atoms with E-state index in [0.717, 1.165) is 40.7 Å². The van der Waals surface area contributed by atoms with E-state index in [9.17, 15) is 14.6 Å². The highest BCUT2D eigenvalue weighted by Gasteiger charge is 2.19. The lowest BCUT2D eigenvalue weighted by atomic mass is 10.0. The monoisotopic (exact) mass is 476 g/mol. The fourth-order valence-electron chi connectivity index (χ4n) is 4.58. The highest BCUT2D eigenvalue weighted by molar-refractivity contribution is 5.89. The number of benzene rings is 3. The number of aliphatic hydroxyl groups excluding tert-OH is 2. The Morgan fingerprint density at radius 1 is 0.914 bits per heavy atom. The highest BCUT2D eigenvalue weighted by atomic mass is 19.1. The van der Waals surface area contributed by atoms with E-state index >= 15 is 0 Å². The molecule has 2 unspecified atom stereocenters. The first kappa shape index (κ1) is 24.9. The van der Waals surface area contributed by atoms with Gasteiger partial charge in [0.1, 0.15) is 17.3 Å². The molecule has 4 rings (SSSR count). The van der Waals surface area contributed by atoms with E-state index in [1.54, 1.807) is 12.1 Å². The van der Waals surface area contributed by atoms with Crippen molar-refractivity contribution in [2.45, 2.75) is 39.5 Å². The molecule has 184 valence electrons. The van der Waals surface area contributed by atoms with Crippen LogP contribution in [0.2, 0.25) is 0 Å². The fourth-order valence-corrected chi connectivity index (χ4v) is 4.58. The molecule has 0 saturated carbocycles. The molecule has 4 aromatic rings. The van der Waals surface area contributed by atoms with E-state index in [1.807, 2.05) is 24.3 Å². The van der Waals surface area contributed by atoms with Crippen LogP contribution in [-0.4, -0.2) is 45.5 Å². The molecule has 0 fully saturated rings. The SMILES string of the molecule is CCN(CC)C(C)n1cc(CC(O)CO)c2cc(-c3ccc(Oc4ccc(F)cc4)cc3)ccc21. The van der Waals surface area contributed by atoms with Crippen LogP contribution in [0.15, 0.2) is 72.9 Å². The third-order valence-electron chi connectivity index (χ3n) is 6.56. The molecule has 0 spiro atoms. The standard InChI is InChI=1S/C29H33FN2O3/c1-4-31(5-2)20(3)32-18-23(16-25(34)19-33)28-17-22(8-15-29(28)32)21-6-11-26(12-7-21)35-27-13-9-24(30)10-14-27/h6-15,17-18,20,25,33-34H,4-5,16,19H2,1-3H3. The minimum Gasteiger partial charge on any atom is -0.457 e. The first-order valence-corrected chi connectivity index (χ1v) is 12.1. The van der Waals surface area contributed by atoms with Crippen LogP contribution in [0.5, 0.6) is 11.5 Å². The van der Waals surface area contributed by atoms with Crippen LogP contribution in [0.4, 0.5) is 4.39 Å². The van der Waals surface area contributed by atoms with Gasteiger partial charge >= 0.3 is 0 Å². The van der Waals surface area contributed by atoms with E-state index in [0.29, 0.717) is 17.9 Å². The number of fused-ring (bicyclic) bond motifs is 1. The van der Waals surface area contributed by atoms with Crippen LogP contribution in [0.3, 0.4) is 0 Å². The lowest BCUT2D eigenvalue weighted by Crippen LogP contribution is -2.30. The number of halogens is 1. The highest BCUT2D eigenvalue weighted by Crippen LogP contribution is 2.32. The van der Waals surface area contributed by atoms with E-state index in [2.05, 4.69) is 54.6 Å². The van der Waals surface area contributed by atoms with E-state index in [-0.39, 0.29) is 18.6 Å². The molecule has 3 aromatic carbocycles. The van der Waals surface area contributed by atoms with Gasteiger partial charge in [0, 0.05) is 23.5 Å². The third kappa shape index (κ3) is 5.56. The average Bonchev–Trinajstić information content (AvgIpc) is 3.24. The number of hydrogen-bond donors (Lipinski definition) is 2. The van der Waals surface area contributed by atoms with Crippen LogP contribution in [0.1, 0.15) is 32.5 Å². The maximum absolute atomic E-state index is 13.1. The molecule has 0 saturated heterocycles. The van der Waals surface area contributed by atoms with Crippen molar-refractivity contribution >= 4 is 10.9 Å². The molecule has 5 nitrogen and oxygen atoms in total. The van der Waals surface area contributed by atoms with Crippen molar-refractivity contribution in [2.75, 3.05) is 19.7 Å². The molecule has 2 N–H and O–H groups in total. The number of nitrogens with zero attached hydrogens (tertiary/aromatic N) is 2. The summed E-state index contributed by atoms with van der Waals surface area (Å²) in [6.07, 6.45) is 1.86. The molecule has 6 heteroatoms. The second-order valence-corrected chi connectivity index (χ2v) is 8.77. The normalized spacial score (nSPS) is 13.3. The fraction of sp³-hybridized carbons (Fsp3) is 0.310. The minimum atomic E-state index is -0.802. The summed E-state index contributed by atoms with van der Waals surface area (Å²) in [5, 5.41) is 20.7. The lowest BCUT2D eigenvalue weighted by molar-refractivity contribution is 0.0956. The van der Waals surface area contributed by atoms with Gasteiger partial charge < -0.3 is 19.5 Å². The van der Waals surface area contributed by atoms with Gasteiger partial charge in [-0.3, -0.25) is 4.90 Å². The van der Waals surface area contributed by atoms with Gasteiger partial charge in [-0.2, -0.15) is 0 Å². The number of ether oxygens (including phenoxy) is 1. The zero-order chi connectivity index (χ0) is 24.9. The van der Waals surface area contributed by atoms with Crippen molar-refractivity contribution in [1.82, 2.24) is 9.47 Å². The predicted molar refractivity (Wildman–Crippen MR) is 138 cm³/mol. The smallest absolute Gasteiger partial charge is 0.127 e. The molecule has 35 heavy (non-hydrogen) atoms. The maximum atomic E-state index is 13.1. The molecule has 0 aliphatic rings. The molecule has 0 amide bonds. The Kier molecular flexibility index (Phi) is 7.86. The first-order chi connectivity index (χ1) is 16.9. The molecular formula is C29H33FN2O3. The number of rotatable bonds is 10. The van der Waals surface area contributed by atoms with Crippen LogP contribution < -0.4 is 4.74 Å². The molecular weight excluding hydrogens is 443 g/mol. The maximum Gasteiger partial charge on any atom is 0.127 e. The summed E-state index contributed by atoms with van der Waals surface area (Å²) >= 11 is 0. The van der Waals surface area contributed by atoms with Crippen molar-refractivity contribution in [1.29, 1.82) is 0 Å². The zero-order valence-electron chi connectivity index (χ0n) is 20.5. The van der Waals surface area contributed by atoms with Gasteiger partial charge in [-0.05, 0) is 85.2 Å². The second kappa shape index (κ2) is 11.0. The van der Waals surface area contributed by atoms with Gasteiger partial charge in [0.15, 0.2) is 0 Å². The van der Waals surface area contributed by atoms with Crippen molar-refractivity contribution < 1.29 is 19.3 Å². The van der Waals surface area contributed by atoms with Gasteiger partial charge in [-0.1, -0.05) is 32.0 Å². The molecule has 2 atom stereocenters. The van der Waals surface area contributed by atoms with Gasteiger partial charge in [-0.25, -0.2) is 4.39 Å². The number of aromatic nitrogens is 1. The topological polar surface area (TPSA) is 57.9 Å². The second-order valence-electron chi connectivity index (χ2n) is 8.77. The Hall–Kier alpha value is -3.19. The molecule has 0 aliphatic carbocycles. The van der Waals surface area contributed by atoms with Gasteiger partial charge in [0.2, 0.25) is 0 Å². The average molecular weight is 477 g/mol. The largest absolute Gasteiger partial charge is 0.457 e. The quantitative estimate of drug-likeness (QED) is 0.295. The van der Waals surface area contributed by atoms with Gasteiger partial charge in [-0.15, -0.1) is 0 Å². The number of hydrogen-bond acceptors (Lipinski definition) is 4. The van der Waals surface area contributed by atoms with E-state index in [4.69, 9.17) is 4.74 Å². The third-order valence-corrected chi connectivity index (χ3v) is 6.56. The van der Waals surface area contributed by atoms with Crippen molar-refractivity contribution in [3.05, 3.63) is 84.3 Å². The van der Waals surface area contributed by atoms with Crippen molar-refractivity contribution in [2.24, 2.45) is 0 Å². The molecule has 1 heterocycles. The first-order valence-electron chi connectivity index (χ1n) is 12.1. The summed E-state index contributed by atoms with van der Waals surface area (Å²) in [5.41, 5.74) is 4.21. The molecule has 0 aliphatic heterocycles. The van der Waals surface area contributed by atoms with Crippen molar-refractivity contribution in [3.63, 3.8) is 0 Å². The summed E-state index contributed by atoms with van der Waals surface area (Å²) in [6, 6.07) is 20.1. The zero-order valence-corrected chi connectivity index (χ0v) is 20.5. The van der Waals surface area contributed by atoms with Gasteiger partial charge in [0.25, 0.3) is 0 Å². The van der Waals surface area contributed by atoms with Crippen LogP contribution in [-0.2, 0) is 6.42 Å². The van der Waals surface area contributed by atoms with Crippen LogP contribution in [0.25, 0.3) is 22.0 Å². The summed E-state index contributed by atoms with van der Waals surface area (Å²) in [5.74, 6) is 0.956. The van der Waals surface area contributed by atoms with Gasteiger partial charge in [0.05, 0.1) is 18.9 Å². The van der Waals surface area contributed by atoms with E-state index in [1.165, 1.54) is 12.1 Å². The summed E-state index contributed by atoms with van der Waals surface area (Å²) in [7, 11) is 0. The summed E-state index contributed by atoms with van der Waals surface area (Å²) < 4.78 is 21.2. The molecule has 0 radical (unpaired) electrons. The molecule has 0 bridgehead atoms. The molecule has 1 aromatic heterocycles. The van der Waals surface area contributed by atoms with Crippen molar-refractivity contribution in [3.8, 4) is 22.6 Å². The Bertz CT molecular complexity index is 1250. The predicted octanol–water partition coefficient (Wildman–Crippen LogP) is 6.00. The summed E-state index contributed by atoms with van der Waals surface area (Å²) in [6.45, 7) is 8.11. The van der Waals surface area contributed by atoms with E-state index < -0.39 is 6.10 Å². The Morgan fingerprint density at radius 2 is 1.51 bits per heavy atom. The Labute approximate surface area is 206 Å². The van der Waals surface area contributed by atoms with Crippen LogP contribution in [0, 0.1) is 5.82 Å². The Balaban J connectivity index is 1.66. The Morgan fingerprint density at radius 3 is 2.11 bits per heavy atom. The number of aliphatic hydroxyl groups is 2. The minimum absolute atomic E-state index is 0.168. The summed E-state index contributed by atoms with van der Waals surface area (Å²) in [4.78, 5) is 2.37. The lowest BCUT2D eigenvalue weighted by Gasteiger charge is -2.28. The van der Waals surface area contributed by atoms with Crippen LogP contribution >= 0.6 is 0 Å².